The Balaban J connectivity index is 1.11. The molecule has 0 atom stereocenters. The zero-order valence-electron chi connectivity index (χ0n) is 27.5. The lowest BCUT2D eigenvalue weighted by Gasteiger charge is -2.26. The van der Waals surface area contributed by atoms with Gasteiger partial charge in [-0.15, -0.1) is 0 Å². The van der Waals surface area contributed by atoms with Gasteiger partial charge in [0.25, 0.3) is 0 Å². The van der Waals surface area contributed by atoms with Crippen molar-refractivity contribution in [2.45, 2.75) is 0 Å². The van der Waals surface area contributed by atoms with Crippen LogP contribution in [0.1, 0.15) is 0 Å². The van der Waals surface area contributed by atoms with Gasteiger partial charge in [-0.2, -0.15) is 0 Å². The van der Waals surface area contributed by atoms with E-state index in [2.05, 4.69) is 216 Å². The SMILES string of the molecule is c1ccc(-c2ccc(-c3cccc(N(c4ccccc4)c4ccc(-c5cccc6c5c5ccccc5n6-c5ccccc5)cc4)c3)cc2)cc1. The minimum Gasteiger partial charge on any atom is -0.310 e. The molecule has 2 heteroatoms. The molecule has 0 N–H and O–H groups in total. The van der Waals surface area contributed by atoms with Crippen molar-refractivity contribution in [3.05, 3.63) is 206 Å². The van der Waals surface area contributed by atoms with E-state index >= 15 is 0 Å². The van der Waals surface area contributed by atoms with Crippen LogP contribution in [0.3, 0.4) is 0 Å². The molecule has 0 bridgehead atoms. The van der Waals surface area contributed by atoms with E-state index in [1.54, 1.807) is 0 Å². The Hall–Kier alpha value is -6.64. The maximum Gasteiger partial charge on any atom is 0.0547 e. The predicted molar refractivity (Wildman–Crippen MR) is 212 cm³/mol. The molecule has 9 aromatic rings. The summed E-state index contributed by atoms with van der Waals surface area (Å²) >= 11 is 0. The highest BCUT2D eigenvalue weighted by atomic mass is 15.1. The summed E-state index contributed by atoms with van der Waals surface area (Å²) < 4.78 is 2.38. The number of aromatic nitrogens is 1. The topological polar surface area (TPSA) is 8.17 Å². The Morgan fingerprint density at radius 3 is 1.56 bits per heavy atom. The first-order valence-electron chi connectivity index (χ1n) is 17.1. The number of anilines is 3. The largest absolute Gasteiger partial charge is 0.310 e. The molecule has 0 unspecified atom stereocenters. The third-order valence-electron chi connectivity index (χ3n) is 9.59. The summed E-state index contributed by atoms with van der Waals surface area (Å²) in [4.78, 5) is 2.34. The third-order valence-corrected chi connectivity index (χ3v) is 9.59. The second-order valence-corrected chi connectivity index (χ2v) is 12.6. The highest BCUT2D eigenvalue weighted by Crippen LogP contribution is 2.41. The van der Waals surface area contributed by atoms with Crippen molar-refractivity contribution in [2.24, 2.45) is 0 Å². The fraction of sp³-hybridized carbons (Fsp3) is 0. The molecule has 0 saturated carbocycles. The van der Waals surface area contributed by atoms with Crippen LogP contribution in [0.5, 0.6) is 0 Å². The first-order chi connectivity index (χ1) is 24.8. The summed E-state index contributed by atoms with van der Waals surface area (Å²) in [6.07, 6.45) is 0. The standard InChI is InChI=1S/C48H34N2/c1-4-14-35(15-5-1)36-26-28-37(29-27-36)39-16-12-21-43(34-39)49(40-17-6-2-7-18-40)42-32-30-38(31-33-42)44-23-13-25-47-48(44)45-22-10-11-24-46(45)50(47)41-19-8-3-9-20-41/h1-34H. The van der Waals surface area contributed by atoms with E-state index in [0.29, 0.717) is 0 Å². The summed E-state index contributed by atoms with van der Waals surface area (Å²) in [7, 11) is 0. The molecule has 50 heavy (non-hydrogen) atoms. The number of hydrogen-bond acceptors (Lipinski definition) is 1. The van der Waals surface area contributed by atoms with Crippen molar-refractivity contribution in [2.75, 3.05) is 4.90 Å². The van der Waals surface area contributed by atoms with Crippen LogP contribution < -0.4 is 4.90 Å². The van der Waals surface area contributed by atoms with Crippen molar-refractivity contribution in [3.8, 4) is 39.1 Å². The number of nitrogens with zero attached hydrogens (tertiary/aromatic N) is 2. The highest BCUT2D eigenvalue weighted by Gasteiger charge is 2.17. The monoisotopic (exact) mass is 638 g/mol. The average Bonchev–Trinajstić information content (AvgIpc) is 3.54. The number of benzene rings is 8. The van der Waals surface area contributed by atoms with Gasteiger partial charge < -0.3 is 9.47 Å². The van der Waals surface area contributed by atoms with Gasteiger partial charge in [0.05, 0.1) is 11.0 Å². The lowest BCUT2D eigenvalue weighted by atomic mass is 9.98. The molecule has 0 aliphatic heterocycles. The van der Waals surface area contributed by atoms with Crippen molar-refractivity contribution in [1.82, 2.24) is 4.57 Å². The van der Waals surface area contributed by atoms with Crippen LogP contribution in [-0.4, -0.2) is 4.57 Å². The van der Waals surface area contributed by atoms with Gasteiger partial charge in [-0.05, 0) is 94.0 Å². The second kappa shape index (κ2) is 12.8. The molecular formula is C48H34N2. The van der Waals surface area contributed by atoms with Crippen LogP contribution in [0.2, 0.25) is 0 Å². The van der Waals surface area contributed by atoms with E-state index in [4.69, 9.17) is 0 Å². The molecule has 8 aromatic carbocycles. The van der Waals surface area contributed by atoms with Crippen molar-refractivity contribution in [1.29, 1.82) is 0 Å². The number of rotatable bonds is 7. The highest BCUT2D eigenvalue weighted by molar-refractivity contribution is 6.15. The summed E-state index contributed by atoms with van der Waals surface area (Å²) in [5, 5.41) is 2.52. The molecular weight excluding hydrogens is 605 g/mol. The van der Waals surface area contributed by atoms with Gasteiger partial charge in [-0.25, -0.2) is 0 Å². The van der Waals surface area contributed by atoms with Crippen molar-refractivity contribution >= 4 is 38.9 Å². The molecule has 1 heterocycles. The molecule has 0 spiro atoms. The maximum absolute atomic E-state index is 2.38. The molecule has 0 fully saturated rings. The first kappa shape index (κ1) is 29.5. The van der Waals surface area contributed by atoms with Gasteiger partial charge in [-0.3, -0.25) is 0 Å². The molecule has 0 amide bonds. The minimum absolute atomic E-state index is 1.11. The lowest BCUT2D eigenvalue weighted by molar-refractivity contribution is 1.18. The van der Waals surface area contributed by atoms with Gasteiger partial charge in [-0.1, -0.05) is 146 Å². The molecule has 1 aromatic heterocycles. The maximum atomic E-state index is 2.38. The lowest BCUT2D eigenvalue weighted by Crippen LogP contribution is -2.09. The Morgan fingerprint density at radius 1 is 0.320 bits per heavy atom. The molecule has 0 radical (unpaired) electrons. The third kappa shape index (κ3) is 5.34. The normalized spacial score (nSPS) is 11.2. The van der Waals surface area contributed by atoms with Gasteiger partial charge in [0.1, 0.15) is 0 Å². The van der Waals surface area contributed by atoms with E-state index in [9.17, 15) is 0 Å². The van der Waals surface area contributed by atoms with Gasteiger partial charge >= 0.3 is 0 Å². The van der Waals surface area contributed by atoms with Crippen LogP contribution in [-0.2, 0) is 0 Å². The van der Waals surface area contributed by atoms with Gasteiger partial charge in [0, 0.05) is 33.5 Å². The molecule has 0 saturated heterocycles. The molecule has 9 rings (SSSR count). The zero-order valence-corrected chi connectivity index (χ0v) is 27.5. The van der Waals surface area contributed by atoms with E-state index in [0.717, 1.165) is 17.1 Å². The van der Waals surface area contributed by atoms with Crippen molar-refractivity contribution < 1.29 is 0 Å². The summed E-state index contributed by atoms with van der Waals surface area (Å²) in [6.45, 7) is 0. The van der Waals surface area contributed by atoms with Crippen LogP contribution in [0.15, 0.2) is 206 Å². The van der Waals surface area contributed by atoms with Crippen molar-refractivity contribution in [3.63, 3.8) is 0 Å². The number of hydrogen-bond donors (Lipinski definition) is 0. The van der Waals surface area contributed by atoms with E-state index < -0.39 is 0 Å². The molecule has 0 aliphatic rings. The molecule has 236 valence electrons. The first-order valence-corrected chi connectivity index (χ1v) is 17.1. The summed E-state index contributed by atoms with van der Waals surface area (Å²) in [5.74, 6) is 0. The Labute approximate surface area is 292 Å². The molecule has 2 nitrogen and oxygen atoms in total. The summed E-state index contributed by atoms with van der Waals surface area (Å²) in [5.41, 5.74) is 14.2. The minimum atomic E-state index is 1.11. The van der Waals surface area contributed by atoms with Crippen LogP contribution in [0.4, 0.5) is 17.1 Å². The number of para-hydroxylation sites is 3. The summed E-state index contributed by atoms with van der Waals surface area (Å²) in [6, 6.07) is 73.9. The smallest absolute Gasteiger partial charge is 0.0547 e. The predicted octanol–water partition coefficient (Wildman–Crippen LogP) is 13.3. The Morgan fingerprint density at radius 2 is 0.820 bits per heavy atom. The fourth-order valence-corrected chi connectivity index (χ4v) is 7.24. The number of fused-ring (bicyclic) bond motifs is 3. The van der Waals surface area contributed by atoms with Crippen LogP contribution in [0.25, 0.3) is 60.9 Å². The fourth-order valence-electron chi connectivity index (χ4n) is 7.24. The Kier molecular flexibility index (Phi) is 7.53. The zero-order chi connectivity index (χ0) is 33.3. The Bertz CT molecular complexity index is 2550. The second-order valence-electron chi connectivity index (χ2n) is 12.6. The van der Waals surface area contributed by atoms with Crippen LogP contribution >= 0.6 is 0 Å². The van der Waals surface area contributed by atoms with E-state index in [-0.39, 0.29) is 0 Å². The van der Waals surface area contributed by atoms with Crippen LogP contribution in [0, 0.1) is 0 Å². The molecule has 0 aliphatic carbocycles. The quantitative estimate of drug-likeness (QED) is 0.169. The van der Waals surface area contributed by atoms with Gasteiger partial charge in [0.2, 0.25) is 0 Å². The average molecular weight is 639 g/mol. The van der Waals surface area contributed by atoms with E-state index in [1.165, 1.54) is 60.9 Å². The van der Waals surface area contributed by atoms with Gasteiger partial charge in [0.15, 0.2) is 0 Å². The van der Waals surface area contributed by atoms with E-state index in [1.807, 2.05) is 0 Å².